The third-order valence-corrected chi connectivity index (χ3v) is 7.19. The minimum absolute atomic E-state index is 0.111. The Labute approximate surface area is 206 Å². The van der Waals surface area contributed by atoms with Crippen molar-refractivity contribution in [1.29, 1.82) is 0 Å². The summed E-state index contributed by atoms with van der Waals surface area (Å²) < 4.78 is 28.3. The smallest absolute Gasteiger partial charge is 0.258 e. The Bertz CT molecular complexity index is 1120. The topological polar surface area (TPSA) is 49.4 Å². The number of rotatable bonds is 7. The fraction of sp³-hybridized carbons (Fsp3) is 0.320. The van der Waals surface area contributed by atoms with Crippen LogP contribution in [0.3, 0.4) is 0 Å². The van der Waals surface area contributed by atoms with Crippen molar-refractivity contribution in [3.8, 4) is 23.0 Å². The summed E-state index contributed by atoms with van der Waals surface area (Å²) >= 11 is 7.83. The van der Waals surface area contributed by atoms with Crippen molar-refractivity contribution in [3.63, 3.8) is 0 Å². The second kappa shape index (κ2) is 11.8. The quantitative estimate of drug-likeness (QED) is 0.416. The Balaban J connectivity index is 1.67. The molecule has 0 aliphatic carbocycles. The first-order valence-corrected chi connectivity index (χ1v) is 13.3. The fourth-order valence-electron chi connectivity index (χ4n) is 3.51. The first kappa shape index (κ1) is 25.5. The molecule has 33 heavy (non-hydrogen) atoms. The van der Waals surface area contributed by atoms with Crippen LogP contribution in [0.5, 0.6) is 0 Å². The predicted octanol–water partition coefficient (Wildman–Crippen LogP) is 5.20. The van der Waals surface area contributed by atoms with Crippen LogP contribution in [0.15, 0.2) is 58.8 Å². The molecule has 0 spiro atoms. The summed E-state index contributed by atoms with van der Waals surface area (Å²) in [5.41, 5.74) is 1.03. The summed E-state index contributed by atoms with van der Waals surface area (Å²) in [6.45, 7) is 2.84. The summed E-state index contributed by atoms with van der Waals surface area (Å²) in [6.07, 6.45) is 3.33. The van der Waals surface area contributed by atoms with Crippen molar-refractivity contribution in [2.45, 2.75) is 30.3 Å². The lowest BCUT2D eigenvalue weighted by molar-refractivity contribution is -0.135. The molecule has 174 valence electrons. The number of benzene rings is 2. The Morgan fingerprint density at radius 3 is 2.76 bits per heavy atom. The number of hydrogen-bond donors (Lipinski definition) is 1. The van der Waals surface area contributed by atoms with Gasteiger partial charge in [-0.2, -0.15) is 0 Å². The molecule has 1 fully saturated rings. The molecule has 1 atom stereocenters. The molecule has 8 heteroatoms. The molecule has 1 aliphatic rings. The third-order valence-electron chi connectivity index (χ3n) is 5.20. The van der Waals surface area contributed by atoms with E-state index in [4.69, 9.17) is 11.6 Å². The molecule has 1 aliphatic heterocycles. The van der Waals surface area contributed by atoms with E-state index in [1.807, 2.05) is 42.5 Å². The molecular formula is C25H26ClFN2O2S2. The predicted molar refractivity (Wildman–Crippen MR) is 136 cm³/mol. The maximum absolute atomic E-state index is 15.2. The number of carbonyl (C=O) groups is 1. The number of halogens is 2. The van der Waals surface area contributed by atoms with Crippen molar-refractivity contribution in [3.05, 3.63) is 64.5 Å². The molecule has 1 amide bonds. The largest absolute Gasteiger partial charge is 0.350 e. The average Bonchev–Trinajstić information content (AvgIpc) is 2.79. The van der Waals surface area contributed by atoms with Gasteiger partial charge in [0.15, 0.2) is 5.67 Å². The normalized spacial score (nSPS) is 16.7. The van der Waals surface area contributed by atoms with Crippen LogP contribution < -0.4 is 5.32 Å². The molecule has 0 saturated carbocycles. The average molecular weight is 505 g/mol. The number of amides is 1. The molecule has 1 heterocycles. The number of carbonyl (C=O) groups excluding carboxylic acids is 1. The van der Waals surface area contributed by atoms with Crippen molar-refractivity contribution < 1.29 is 13.4 Å². The monoisotopic (exact) mass is 504 g/mol. The van der Waals surface area contributed by atoms with Gasteiger partial charge in [-0.1, -0.05) is 35.7 Å². The molecule has 1 N–H and O–H groups in total. The summed E-state index contributed by atoms with van der Waals surface area (Å²) in [6, 6.07) is 13.7. The summed E-state index contributed by atoms with van der Waals surface area (Å²) in [5, 5.41) is 4.69. The molecule has 0 aromatic heterocycles. The lowest BCUT2D eigenvalue weighted by Crippen LogP contribution is -2.49. The Kier molecular flexibility index (Phi) is 9.16. The van der Waals surface area contributed by atoms with Gasteiger partial charge in [0.1, 0.15) is 0 Å². The van der Waals surface area contributed by atoms with E-state index in [0.29, 0.717) is 18.1 Å². The molecule has 1 saturated heterocycles. The molecule has 3 rings (SSSR count). The van der Waals surface area contributed by atoms with Crippen molar-refractivity contribution in [1.82, 2.24) is 9.62 Å². The van der Waals surface area contributed by atoms with Crippen LogP contribution in [0.4, 0.5) is 4.39 Å². The Morgan fingerprint density at radius 1 is 1.30 bits per heavy atom. The maximum atomic E-state index is 15.2. The van der Waals surface area contributed by atoms with Gasteiger partial charge in [0.25, 0.3) is 5.91 Å². The molecule has 2 aromatic carbocycles. The molecule has 0 bridgehead atoms. The van der Waals surface area contributed by atoms with Gasteiger partial charge in [-0.15, -0.1) is 5.92 Å². The van der Waals surface area contributed by atoms with Crippen LogP contribution in [0.1, 0.15) is 25.3 Å². The van der Waals surface area contributed by atoms with Crippen LogP contribution in [0.25, 0.3) is 11.1 Å². The zero-order valence-corrected chi connectivity index (χ0v) is 21.0. The standard InChI is InChI=1S/C25H26ClFN2O2S2/c1-3-6-19-7-4-8-20(17-19)22-18-21(26)9-10-23(22)32-29-14-11-25(27,12-15-29)24(30)28-13-5-16-33(2)31/h4-5,7-10,16-18H,11-15H2,1-2H3,(H,28,30)/b16-5+. The first-order chi connectivity index (χ1) is 15.8. The van der Waals surface area contributed by atoms with Crippen LogP contribution in [-0.4, -0.2) is 46.0 Å². The van der Waals surface area contributed by atoms with Gasteiger partial charge in [0.05, 0.1) is 0 Å². The van der Waals surface area contributed by atoms with Gasteiger partial charge in [-0.25, -0.2) is 8.70 Å². The highest BCUT2D eigenvalue weighted by molar-refractivity contribution is 7.97. The van der Waals surface area contributed by atoms with Crippen LogP contribution in [0.2, 0.25) is 5.02 Å². The molecule has 1 unspecified atom stereocenters. The Hall–Kier alpha value is -2.11. The van der Waals surface area contributed by atoms with Gasteiger partial charge < -0.3 is 5.32 Å². The number of alkyl halides is 1. The number of nitrogens with one attached hydrogen (secondary N) is 1. The number of hydrogen-bond acceptors (Lipinski definition) is 4. The highest BCUT2D eigenvalue weighted by Crippen LogP contribution is 2.38. The zero-order valence-electron chi connectivity index (χ0n) is 18.6. The molecule has 2 aromatic rings. The third kappa shape index (κ3) is 7.18. The van der Waals surface area contributed by atoms with Crippen molar-refractivity contribution in [2.24, 2.45) is 0 Å². The summed E-state index contributed by atoms with van der Waals surface area (Å²) in [5.74, 6) is 5.38. The van der Waals surface area contributed by atoms with E-state index in [2.05, 4.69) is 21.5 Å². The minimum atomic E-state index is -1.90. The highest BCUT2D eigenvalue weighted by Gasteiger charge is 2.41. The Morgan fingerprint density at radius 2 is 2.06 bits per heavy atom. The lowest BCUT2D eigenvalue weighted by atomic mass is 9.93. The number of nitrogens with zero attached hydrogens (tertiary/aromatic N) is 1. The molecule has 4 nitrogen and oxygen atoms in total. The lowest BCUT2D eigenvalue weighted by Gasteiger charge is -2.34. The molecule has 0 radical (unpaired) electrons. The zero-order chi connectivity index (χ0) is 23.8. The minimum Gasteiger partial charge on any atom is -0.350 e. The van der Waals surface area contributed by atoms with Gasteiger partial charge in [-0.3, -0.25) is 9.00 Å². The van der Waals surface area contributed by atoms with Crippen LogP contribution >= 0.6 is 23.5 Å². The van der Waals surface area contributed by atoms with E-state index < -0.39 is 22.4 Å². The van der Waals surface area contributed by atoms with Gasteiger partial charge >= 0.3 is 0 Å². The van der Waals surface area contributed by atoms with E-state index in [9.17, 15) is 9.00 Å². The van der Waals surface area contributed by atoms with Crippen molar-refractivity contribution in [2.75, 3.05) is 25.9 Å². The van der Waals surface area contributed by atoms with Crippen molar-refractivity contribution >= 4 is 40.3 Å². The second-order valence-corrected chi connectivity index (χ2v) is 10.5. The fourth-order valence-corrected chi connectivity index (χ4v) is 5.09. The van der Waals surface area contributed by atoms with Gasteiger partial charge in [0, 0.05) is 65.0 Å². The highest BCUT2D eigenvalue weighted by atomic mass is 35.5. The van der Waals surface area contributed by atoms with Gasteiger partial charge in [0.2, 0.25) is 0 Å². The first-order valence-electron chi connectivity index (χ1n) is 10.5. The summed E-state index contributed by atoms with van der Waals surface area (Å²) in [7, 11) is -1.09. The van der Waals surface area contributed by atoms with E-state index in [1.54, 1.807) is 24.9 Å². The van der Waals surface area contributed by atoms with E-state index in [1.165, 1.54) is 11.7 Å². The van der Waals surface area contributed by atoms with E-state index in [0.717, 1.165) is 21.6 Å². The van der Waals surface area contributed by atoms with E-state index >= 15 is 4.39 Å². The molecular weight excluding hydrogens is 479 g/mol. The number of piperidine rings is 1. The van der Waals surface area contributed by atoms with E-state index in [-0.39, 0.29) is 19.4 Å². The van der Waals surface area contributed by atoms with Crippen LogP contribution in [0, 0.1) is 11.8 Å². The van der Waals surface area contributed by atoms with Gasteiger partial charge in [-0.05, 0) is 65.7 Å². The second-order valence-electron chi connectivity index (χ2n) is 7.66. The maximum Gasteiger partial charge on any atom is 0.258 e. The van der Waals surface area contributed by atoms with Crippen LogP contribution in [-0.2, 0) is 15.6 Å². The summed E-state index contributed by atoms with van der Waals surface area (Å²) in [4.78, 5) is 13.4. The SMILES string of the molecule is CC#Cc1cccc(-c2cc(Cl)ccc2SN2CCC(F)(C(=O)NC/C=C/S(C)=O)CC2)c1.